The molecule has 1 nitrogen and oxygen atoms in total. The number of para-hydroxylation sites is 1. The van der Waals surface area contributed by atoms with Crippen molar-refractivity contribution >= 4 is 22.5 Å². The Bertz CT molecular complexity index is 702. The third-order valence-corrected chi connectivity index (χ3v) is 3.31. The molecule has 1 heterocycles. The van der Waals surface area contributed by atoms with E-state index in [0.29, 0.717) is 0 Å². The SMILES string of the molecule is Cc1cc(-c2ccc(Cl)cc2)nc2ccccc12. The highest BCUT2D eigenvalue weighted by atomic mass is 35.5. The van der Waals surface area contributed by atoms with Crippen molar-refractivity contribution in [3.8, 4) is 11.3 Å². The molecule has 0 aliphatic rings. The van der Waals surface area contributed by atoms with Crippen LogP contribution in [0.25, 0.3) is 22.2 Å². The van der Waals surface area contributed by atoms with E-state index in [1.54, 1.807) is 0 Å². The second-order valence-electron chi connectivity index (χ2n) is 4.35. The Morgan fingerprint density at radius 1 is 0.944 bits per heavy atom. The third-order valence-electron chi connectivity index (χ3n) is 3.06. The summed E-state index contributed by atoms with van der Waals surface area (Å²) in [6.07, 6.45) is 0. The van der Waals surface area contributed by atoms with Crippen molar-refractivity contribution in [1.82, 2.24) is 4.98 Å². The highest BCUT2D eigenvalue weighted by Gasteiger charge is 2.04. The van der Waals surface area contributed by atoms with Crippen LogP contribution in [0.15, 0.2) is 54.6 Å². The summed E-state index contributed by atoms with van der Waals surface area (Å²) < 4.78 is 0. The van der Waals surface area contributed by atoms with Gasteiger partial charge in [-0.3, -0.25) is 0 Å². The van der Waals surface area contributed by atoms with E-state index in [1.165, 1.54) is 10.9 Å². The van der Waals surface area contributed by atoms with Gasteiger partial charge in [0.25, 0.3) is 0 Å². The summed E-state index contributed by atoms with van der Waals surface area (Å²) in [6.45, 7) is 2.11. The summed E-state index contributed by atoms with van der Waals surface area (Å²) in [6, 6.07) is 18.1. The number of rotatable bonds is 1. The summed E-state index contributed by atoms with van der Waals surface area (Å²) in [4.78, 5) is 4.69. The summed E-state index contributed by atoms with van der Waals surface area (Å²) in [5.41, 5.74) is 4.35. The van der Waals surface area contributed by atoms with Crippen molar-refractivity contribution in [2.75, 3.05) is 0 Å². The van der Waals surface area contributed by atoms with Crippen LogP contribution in [0.3, 0.4) is 0 Å². The summed E-state index contributed by atoms with van der Waals surface area (Å²) >= 11 is 5.91. The van der Waals surface area contributed by atoms with E-state index in [9.17, 15) is 0 Å². The van der Waals surface area contributed by atoms with Gasteiger partial charge in [0, 0.05) is 16.0 Å². The summed E-state index contributed by atoms with van der Waals surface area (Å²) in [7, 11) is 0. The molecular formula is C16H12ClN. The van der Waals surface area contributed by atoms with Crippen LogP contribution >= 0.6 is 11.6 Å². The lowest BCUT2D eigenvalue weighted by molar-refractivity contribution is 1.36. The van der Waals surface area contributed by atoms with Gasteiger partial charge < -0.3 is 0 Å². The molecule has 2 heteroatoms. The van der Waals surface area contributed by atoms with Crippen molar-refractivity contribution in [2.45, 2.75) is 6.92 Å². The molecule has 0 N–H and O–H groups in total. The van der Waals surface area contributed by atoms with Gasteiger partial charge in [-0.15, -0.1) is 0 Å². The van der Waals surface area contributed by atoms with E-state index in [4.69, 9.17) is 16.6 Å². The fourth-order valence-electron chi connectivity index (χ4n) is 2.12. The van der Waals surface area contributed by atoms with Crippen LogP contribution in [0.5, 0.6) is 0 Å². The quantitative estimate of drug-likeness (QED) is 0.603. The van der Waals surface area contributed by atoms with Crippen molar-refractivity contribution in [3.05, 3.63) is 65.2 Å². The van der Waals surface area contributed by atoms with Crippen molar-refractivity contribution < 1.29 is 0 Å². The molecule has 0 bridgehead atoms. The third kappa shape index (κ3) is 1.98. The van der Waals surface area contributed by atoms with Crippen molar-refractivity contribution in [2.24, 2.45) is 0 Å². The maximum absolute atomic E-state index is 5.91. The van der Waals surface area contributed by atoms with Crippen LogP contribution in [0.4, 0.5) is 0 Å². The average molecular weight is 254 g/mol. The fraction of sp³-hybridized carbons (Fsp3) is 0.0625. The summed E-state index contributed by atoms with van der Waals surface area (Å²) in [5, 5.41) is 1.95. The van der Waals surface area contributed by atoms with Crippen molar-refractivity contribution in [1.29, 1.82) is 0 Å². The number of fused-ring (bicyclic) bond motifs is 1. The molecule has 0 aliphatic heterocycles. The Morgan fingerprint density at radius 2 is 1.67 bits per heavy atom. The predicted molar refractivity (Wildman–Crippen MR) is 76.9 cm³/mol. The van der Waals surface area contributed by atoms with Crippen LogP contribution in [-0.2, 0) is 0 Å². The highest BCUT2D eigenvalue weighted by molar-refractivity contribution is 6.30. The lowest BCUT2D eigenvalue weighted by atomic mass is 10.1. The van der Waals surface area contributed by atoms with Gasteiger partial charge in [0.2, 0.25) is 0 Å². The van der Waals surface area contributed by atoms with Crippen LogP contribution in [0, 0.1) is 6.92 Å². The maximum Gasteiger partial charge on any atom is 0.0712 e. The highest BCUT2D eigenvalue weighted by Crippen LogP contribution is 2.25. The first-order valence-electron chi connectivity index (χ1n) is 5.86. The molecule has 18 heavy (non-hydrogen) atoms. The van der Waals surface area contributed by atoms with E-state index in [2.05, 4.69) is 19.1 Å². The second-order valence-corrected chi connectivity index (χ2v) is 4.78. The number of pyridine rings is 1. The van der Waals surface area contributed by atoms with Gasteiger partial charge >= 0.3 is 0 Å². The van der Waals surface area contributed by atoms with Gasteiger partial charge in [-0.2, -0.15) is 0 Å². The molecule has 0 unspecified atom stereocenters. The molecule has 3 aromatic rings. The summed E-state index contributed by atoms with van der Waals surface area (Å²) in [5.74, 6) is 0. The smallest absolute Gasteiger partial charge is 0.0712 e. The predicted octanol–water partition coefficient (Wildman–Crippen LogP) is 4.86. The minimum Gasteiger partial charge on any atom is -0.248 e. The molecule has 0 atom stereocenters. The van der Waals surface area contributed by atoms with E-state index < -0.39 is 0 Å². The van der Waals surface area contributed by atoms with Gasteiger partial charge in [0.05, 0.1) is 11.2 Å². The van der Waals surface area contributed by atoms with Crippen molar-refractivity contribution in [3.63, 3.8) is 0 Å². The topological polar surface area (TPSA) is 12.9 Å². The largest absolute Gasteiger partial charge is 0.248 e. The standard InChI is InChI=1S/C16H12ClN/c1-11-10-16(12-6-8-13(17)9-7-12)18-15-5-3-2-4-14(11)15/h2-10H,1H3. The minimum atomic E-state index is 0.747. The average Bonchev–Trinajstić information content (AvgIpc) is 2.39. The Hall–Kier alpha value is -1.86. The van der Waals surface area contributed by atoms with E-state index >= 15 is 0 Å². The molecule has 0 aliphatic carbocycles. The van der Waals surface area contributed by atoms with Crippen LogP contribution in [0.2, 0.25) is 5.02 Å². The van der Waals surface area contributed by atoms with Gasteiger partial charge in [0.1, 0.15) is 0 Å². The molecule has 2 aromatic carbocycles. The molecule has 1 aromatic heterocycles. The zero-order chi connectivity index (χ0) is 12.5. The van der Waals surface area contributed by atoms with Gasteiger partial charge in [-0.25, -0.2) is 4.98 Å². The molecule has 0 spiro atoms. The monoisotopic (exact) mass is 253 g/mol. The number of hydrogen-bond acceptors (Lipinski definition) is 1. The number of aromatic nitrogens is 1. The van der Waals surface area contributed by atoms with Gasteiger partial charge in [0.15, 0.2) is 0 Å². The number of nitrogens with zero attached hydrogens (tertiary/aromatic N) is 1. The molecular weight excluding hydrogens is 242 g/mol. The fourth-order valence-corrected chi connectivity index (χ4v) is 2.24. The molecule has 0 saturated heterocycles. The van der Waals surface area contributed by atoms with E-state index in [-0.39, 0.29) is 0 Å². The number of hydrogen-bond donors (Lipinski definition) is 0. The first kappa shape index (κ1) is 11.2. The Balaban J connectivity index is 2.21. The lowest BCUT2D eigenvalue weighted by Gasteiger charge is -2.06. The normalized spacial score (nSPS) is 10.8. The van der Waals surface area contributed by atoms with Crippen LogP contribution < -0.4 is 0 Å². The molecule has 0 radical (unpaired) electrons. The van der Waals surface area contributed by atoms with E-state index in [0.717, 1.165) is 21.8 Å². The molecule has 0 amide bonds. The first-order valence-corrected chi connectivity index (χ1v) is 6.24. The maximum atomic E-state index is 5.91. The Labute approximate surface area is 111 Å². The molecule has 3 rings (SSSR count). The van der Waals surface area contributed by atoms with Gasteiger partial charge in [-0.05, 0) is 36.8 Å². The van der Waals surface area contributed by atoms with Crippen LogP contribution in [0.1, 0.15) is 5.56 Å². The number of benzene rings is 2. The number of halogens is 1. The van der Waals surface area contributed by atoms with Crippen LogP contribution in [-0.4, -0.2) is 4.98 Å². The number of aryl methyl sites for hydroxylation is 1. The zero-order valence-electron chi connectivity index (χ0n) is 10.0. The van der Waals surface area contributed by atoms with E-state index in [1.807, 2.05) is 42.5 Å². The molecule has 0 saturated carbocycles. The second kappa shape index (κ2) is 4.43. The lowest BCUT2D eigenvalue weighted by Crippen LogP contribution is -1.88. The molecule has 0 fully saturated rings. The zero-order valence-corrected chi connectivity index (χ0v) is 10.8. The Morgan fingerprint density at radius 3 is 2.44 bits per heavy atom. The molecule has 88 valence electrons. The minimum absolute atomic E-state index is 0.747. The first-order chi connectivity index (χ1) is 8.74. The van der Waals surface area contributed by atoms with Gasteiger partial charge in [-0.1, -0.05) is 41.9 Å². The Kier molecular flexibility index (Phi) is 2.77.